The summed E-state index contributed by atoms with van der Waals surface area (Å²) in [6.45, 7) is 2.78. The number of hydrogen-bond acceptors (Lipinski definition) is 5. The SMILES string of the molecule is O=C(O)C1CCCC(C(=O)N2CCN(c3cnccn3)CC2)C1. The Hall–Kier alpha value is -2.18. The fourth-order valence-electron chi connectivity index (χ4n) is 3.51. The summed E-state index contributed by atoms with van der Waals surface area (Å²) in [7, 11) is 0. The van der Waals surface area contributed by atoms with Crippen molar-refractivity contribution in [1.29, 1.82) is 0 Å². The molecular formula is C16H22N4O3. The molecule has 0 radical (unpaired) electrons. The molecule has 1 aromatic heterocycles. The van der Waals surface area contributed by atoms with E-state index in [1.165, 1.54) is 0 Å². The number of carboxylic acid groups (broad SMARTS) is 1. The van der Waals surface area contributed by atoms with Gasteiger partial charge in [0, 0.05) is 44.5 Å². The molecule has 0 aromatic carbocycles. The van der Waals surface area contributed by atoms with E-state index in [2.05, 4.69) is 14.9 Å². The van der Waals surface area contributed by atoms with Gasteiger partial charge in [-0.3, -0.25) is 14.6 Å². The fourth-order valence-corrected chi connectivity index (χ4v) is 3.51. The van der Waals surface area contributed by atoms with Gasteiger partial charge in [0.1, 0.15) is 5.82 Å². The normalized spacial score (nSPS) is 25.2. The molecule has 1 saturated heterocycles. The van der Waals surface area contributed by atoms with Crippen LogP contribution in [0.25, 0.3) is 0 Å². The number of anilines is 1. The number of aromatic nitrogens is 2. The lowest BCUT2D eigenvalue weighted by atomic mass is 9.80. The maximum absolute atomic E-state index is 12.7. The van der Waals surface area contributed by atoms with Gasteiger partial charge in [0.2, 0.25) is 5.91 Å². The van der Waals surface area contributed by atoms with Gasteiger partial charge in [-0.05, 0) is 19.3 Å². The summed E-state index contributed by atoms with van der Waals surface area (Å²) in [5.41, 5.74) is 0. The largest absolute Gasteiger partial charge is 0.481 e. The molecule has 1 aromatic rings. The predicted molar refractivity (Wildman–Crippen MR) is 83.9 cm³/mol. The number of carbonyl (C=O) groups is 2. The first-order valence-electron chi connectivity index (χ1n) is 8.17. The molecule has 7 nitrogen and oxygen atoms in total. The maximum atomic E-state index is 12.7. The van der Waals surface area contributed by atoms with Gasteiger partial charge in [-0.2, -0.15) is 0 Å². The van der Waals surface area contributed by atoms with Crippen LogP contribution in [0.5, 0.6) is 0 Å². The van der Waals surface area contributed by atoms with Gasteiger partial charge in [0.05, 0.1) is 12.1 Å². The molecule has 2 heterocycles. The molecule has 124 valence electrons. The number of carbonyl (C=O) groups excluding carboxylic acids is 1. The van der Waals surface area contributed by atoms with Gasteiger partial charge in [-0.15, -0.1) is 0 Å². The number of hydrogen-bond donors (Lipinski definition) is 1. The van der Waals surface area contributed by atoms with Crippen molar-refractivity contribution in [2.75, 3.05) is 31.1 Å². The predicted octanol–water partition coefficient (Wildman–Crippen LogP) is 1.02. The molecule has 1 aliphatic carbocycles. The fraction of sp³-hybridized carbons (Fsp3) is 0.625. The molecule has 0 bridgehead atoms. The van der Waals surface area contributed by atoms with Crippen LogP contribution in [-0.4, -0.2) is 58.0 Å². The van der Waals surface area contributed by atoms with Crippen LogP contribution in [0.3, 0.4) is 0 Å². The zero-order valence-corrected chi connectivity index (χ0v) is 13.1. The highest BCUT2D eigenvalue weighted by molar-refractivity contribution is 5.80. The van der Waals surface area contributed by atoms with Crippen LogP contribution >= 0.6 is 0 Å². The Balaban J connectivity index is 1.55. The van der Waals surface area contributed by atoms with E-state index in [0.717, 1.165) is 31.7 Å². The lowest BCUT2D eigenvalue weighted by molar-refractivity contribution is -0.145. The number of rotatable bonds is 3. The molecule has 2 fully saturated rings. The molecule has 2 unspecified atom stereocenters. The molecule has 1 N–H and O–H groups in total. The summed E-state index contributed by atoms with van der Waals surface area (Å²) in [4.78, 5) is 36.2. The van der Waals surface area contributed by atoms with Crippen LogP contribution in [0.1, 0.15) is 25.7 Å². The monoisotopic (exact) mass is 318 g/mol. The summed E-state index contributed by atoms with van der Waals surface area (Å²) >= 11 is 0. The Morgan fingerprint density at radius 1 is 1.09 bits per heavy atom. The highest BCUT2D eigenvalue weighted by Gasteiger charge is 2.34. The second-order valence-electron chi connectivity index (χ2n) is 6.27. The lowest BCUT2D eigenvalue weighted by Crippen LogP contribution is -2.51. The minimum atomic E-state index is -0.769. The van der Waals surface area contributed by atoms with Crippen LogP contribution in [0.4, 0.5) is 5.82 Å². The molecule has 1 aliphatic heterocycles. The quantitative estimate of drug-likeness (QED) is 0.895. The van der Waals surface area contributed by atoms with Crippen molar-refractivity contribution in [3.8, 4) is 0 Å². The first kappa shape index (κ1) is 15.7. The van der Waals surface area contributed by atoms with Gasteiger partial charge < -0.3 is 14.9 Å². The second kappa shape index (κ2) is 6.93. The minimum Gasteiger partial charge on any atom is -0.481 e. The standard InChI is InChI=1S/C16H22N4O3/c21-15(12-2-1-3-13(10-12)16(22)23)20-8-6-19(7-9-20)14-11-17-4-5-18-14/h4-5,11-13H,1-3,6-10H2,(H,22,23). The van der Waals surface area contributed by atoms with Crippen molar-refractivity contribution in [2.45, 2.75) is 25.7 Å². The number of piperazine rings is 1. The first-order chi connectivity index (χ1) is 11.1. The van der Waals surface area contributed by atoms with Gasteiger partial charge in [0.15, 0.2) is 0 Å². The van der Waals surface area contributed by atoms with E-state index in [4.69, 9.17) is 5.11 Å². The zero-order chi connectivity index (χ0) is 16.2. The Labute approximate surface area is 135 Å². The molecule has 1 saturated carbocycles. The Bertz CT molecular complexity index is 558. The maximum Gasteiger partial charge on any atom is 0.306 e. The van der Waals surface area contributed by atoms with Crippen LogP contribution in [-0.2, 0) is 9.59 Å². The van der Waals surface area contributed by atoms with Crippen molar-refractivity contribution in [2.24, 2.45) is 11.8 Å². The van der Waals surface area contributed by atoms with Crippen LogP contribution in [0, 0.1) is 11.8 Å². The second-order valence-corrected chi connectivity index (χ2v) is 6.27. The number of aliphatic carboxylic acids is 1. The first-order valence-corrected chi connectivity index (χ1v) is 8.17. The molecular weight excluding hydrogens is 296 g/mol. The van der Waals surface area contributed by atoms with Gasteiger partial charge in [0.25, 0.3) is 0 Å². The molecule has 1 amide bonds. The average molecular weight is 318 g/mol. The topological polar surface area (TPSA) is 86.6 Å². The van der Waals surface area contributed by atoms with E-state index in [1.807, 2.05) is 4.90 Å². The van der Waals surface area contributed by atoms with E-state index in [1.54, 1.807) is 18.6 Å². The zero-order valence-electron chi connectivity index (χ0n) is 13.1. The molecule has 2 atom stereocenters. The van der Waals surface area contributed by atoms with Crippen LogP contribution < -0.4 is 4.90 Å². The van der Waals surface area contributed by atoms with Gasteiger partial charge >= 0.3 is 5.97 Å². The van der Waals surface area contributed by atoms with Gasteiger partial charge in [-0.1, -0.05) is 6.42 Å². The number of nitrogens with zero attached hydrogens (tertiary/aromatic N) is 4. The third-order valence-corrected chi connectivity index (χ3v) is 4.84. The van der Waals surface area contributed by atoms with Crippen molar-refractivity contribution < 1.29 is 14.7 Å². The highest BCUT2D eigenvalue weighted by atomic mass is 16.4. The third-order valence-electron chi connectivity index (χ3n) is 4.84. The minimum absolute atomic E-state index is 0.120. The van der Waals surface area contributed by atoms with E-state index in [9.17, 15) is 9.59 Å². The van der Waals surface area contributed by atoms with E-state index < -0.39 is 5.97 Å². The van der Waals surface area contributed by atoms with Crippen molar-refractivity contribution in [3.05, 3.63) is 18.6 Å². The molecule has 0 spiro atoms. The summed E-state index contributed by atoms with van der Waals surface area (Å²) in [5.74, 6) is -0.306. The summed E-state index contributed by atoms with van der Waals surface area (Å²) in [6, 6.07) is 0. The highest BCUT2D eigenvalue weighted by Crippen LogP contribution is 2.31. The Kier molecular flexibility index (Phi) is 4.73. The molecule has 23 heavy (non-hydrogen) atoms. The average Bonchev–Trinajstić information content (AvgIpc) is 2.62. The summed E-state index contributed by atoms with van der Waals surface area (Å²) in [5, 5.41) is 9.16. The van der Waals surface area contributed by atoms with Crippen LogP contribution in [0.15, 0.2) is 18.6 Å². The van der Waals surface area contributed by atoms with Crippen molar-refractivity contribution >= 4 is 17.7 Å². The summed E-state index contributed by atoms with van der Waals surface area (Å²) < 4.78 is 0. The Morgan fingerprint density at radius 2 is 1.83 bits per heavy atom. The van der Waals surface area contributed by atoms with Crippen molar-refractivity contribution in [3.63, 3.8) is 0 Å². The number of amides is 1. The molecule has 2 aliphatic rings. The third kappa shape index (κ3) is 3.60. The Morgan fingerprint density at radius 3 is 2.48 bits per heavy atom. The van der Waals surface area contributed by atoms with Gasteiger partial charge in [-0.25, -0.2) is 4.98 Å². The summed E-state index contributed by atoms with van der Waals surface area (Å²) in [6.07, 6.45) is 7.86. The lowest BCUT2D eigenvalue weighted by Gasteiger charge is -2.38. The molecule has 3 rings (SSSR count). The smallest absolute Gasteiger partial charge is 0.306 e. The van der Waals surface area contributed by atoms with Crippen LogP contribution in [0.2, 0.25) is 0 Å². The van der Waals surface area contributed by atoms with E-state index in [-0.39, 0.29) is 17.7 Å². The van der Waals surface area contributed by atoms with E-state index >= 15 is 0 Å². The molecule has 7 heteroatoms. The van der Waals surface area contributed by atoms with Crippen molar-refractivity contribution in [1.82, 2.24) is 14.9 Å². The van der Waals surface area contributed by atoms with E-state index in [0.29, 0.717) is 25.9 Å². The number of carboxylic acids is 1.